The van der Waals surface area contributed by atoms with Crippen LogP contribution in [-0.4, -0.2) is 23.4 Å². The van der Waals surface area contributed by atoms with Crippen molar-refractivity contribution in [2.45, 2.75) is 46.3 Å². The van der Waals surface area contributed by atoms with Crippen LogP contribution in [0, 0.1) is 11.8 Å². The molecular formula is C15H24N2OS. The molecule has 1 aliphatic rings. The molecular weight excluding hydrogens is 256 g/mol. The molecule has 1 saturated heterocycles. The van der Waals surface area contributed by atoms with Crippen molar-refractivity contribution in [3.8, 4) is 0 Å². The molecule has 1 aliphatic heterocycles. The van der Waals surface area contributed by atoms with E-state index in [-0.39, 0.29) is 18.1 Å². The van der Waals surface area contributed by atoms with Gasteiger partial charge in [-0.1, -0.05) is 27.7 Å². The van der Waals surface area contributed by atoms with Crippen molar-refractivity contribution >= 4 is 17.2 Å². The van der Waals surface area contributed by atoms with Gasteiger partial charge in [0.15, 0.2) is 0 Å². The first-order chi connectivity index (χ1) is 9.00. The number of thiophene rings is 1. The molecule has 1 N–H and O–H groups in total. The van der Waals surface area contributed by atoms with E-state index in [1.807, 2.05) is 4.90 Å². The summed E-state index contributed by atoms with van der Waals surface area (Å²) in [4.78, 5) is 14.6. The molecule has 0 bridgehead atoms. The van der Waals surface area contributed by atoms with Crippen molar-refractivity contribution in [3.63, 3.8) is 0 Å². The fourth-order valence-corrected chi connectivity index (χ4v) is 3.14. The summed E-state index contributed by atoms with van der Waals surface area (Å²) < 4.78 is 0. The van der Waals surface area contributed by atoms with Crippen molar-refractivity contribution in [2.24, 2.45) is 11.8 Å². The Morgan fingerprint density at radius 3 is 2.63 bits per heavy atom. The number of hydrogen-bond acceptors (Lipinski definition) is 3. The maximum atomic E-state index is 12.5. The first-order valence-corrected chi connectivity index (χ1v) is 8.03. The Morgan fingerprint density at radius 2 is 2.11 bits per heavy atom. The average molecular weight is 280 g/mol. The van der Waals surface area contributed by atoms with E-state index in [4.69, 9.17) is 0 Å². The molecule has 0 aromatic carbocycles. The third kappa shape index (κ3) is 3.18. The summed E-state index contributed by atoms with van der Waals surface area (Å²) in [5.41, 5.74) is 1.21. The smallest absolute Gasteiger partial charge is 0.241 e. The van der Waals surface area contributed by atoms with Crippen LogP contribution in [0.3, 0.4) is 0 Å². The fraction of sp³-hybridized carbons (Fsp3) is 0.667. The molecule has 4 heteroatoms. The van der Waals surface area contributed by atoms with Crippen LogP contribution in [-0.2, 0) is 4.79 Å². The molecule has 3 nitrogen and oxygen atoms in total. The second-order valence-corrected chi connectivity index (χ2v) is 6.84. The highest BCUT2D eigenvalue weighted by molar-refractivity contribution is 7.07. The number of carbonyl (C=O) groups excluding carboxylic acids is 1. The molecule has 2 atom stereocenters. The van der Waals surface area contributed by atoms with Gasteiger partial charge in [0.05, 0.1) is 6.04 Å². The zero-order chi connectivity index (χ0) is 14.0. The Balaban J connectivity index is 2.16. The minimum Gasteiger partial charge on any atom is -0.322 e. The zero-order valence-electron chi connectivity index (χ0n) is 12.2. The van der Waals surface area contributed by atoms with Crippen molar-refractivity contribution in [3.05, 3.63) is 22.4 Å². The number of nitrogens with one attached hydrogen (secondary N) is 1. The van der Waals surface area contributed by atoms with Crippen LogP contribution in [0.5, 0.6) is 0 Å². The van der Waals surface area contributed by atoms with Crippen LogP contribution < -0.4 is 5.32 Å². The molecule has 106 valence electrons. The van der Waals surface area contributed by atoms with E-state index in [1.54, 1.807) is 11.3 Å². The lowest BCUT2D eigenvalue weighted by Gasteiger charge is -2.24. The first-order valence-electron chi connectivity index (χ1n) is 7.09. The number of carbonyl (C=O) groups is 1. The third-order valence-corrected chi connectivity index (χ3v) is 4.37. The molecule has 2 rings (SSSR count). The Bertz CT molecular complexity index is 414. The molecule has 1 aromatic rings. The quantitative estimate of drug-likeness (QED) is 0.898. The molecule has 2 unspecified atom stereocenters. The molecule has 1 aromatic heterocycles. The third-order valence-electron chi connectivity index (χ3n) is 3.67. The first kappa shape index (κ1) is 14.5. The van der Waals surface area contributed by atoms with Crippen molar-refractivity contribution in [1.29, 1.82) is 0 Å². The van der Waals surface area contributed by atoms with Gasteiger partial charge >= 0.3 is 0 Å². The monoisotopic (exact) mass is 280 g/mol. The topological polar surface area (TPSA) is 32.3 Å². The van der Waals surface area contributed by atoms with Crippen LogP contribution >= 0.6 is 11.3 Å². The van der Waals surface area contributed by atoms with E-state index in [0.29, 0.717) is 11.8 Å². The van der Waals surface area contributed by atoms with E-state index < -0.39 is 0 Å². The van der Waals surface area contributed by atoms with Gasteiger partial charge in [0.1, 0.15) is 6.17 Å². The average Bonchev–Trinajstić information content (AvgIpc) is 2.93. The van der Waals surface area contributed by atoms with E-state index in [2.05, 4.69) is 49.8 Å². The van der Waals surface area contributed by atoms with Gasteiger partial charge in [0.25, 0.3) is 0 Å². The molecule has 0 spiro atoms. The van der Waals surface area contributed by atoms with Gasteiger partial charge in [-0.15, -0.1) is 0 Å². The van der Waals surface area contributed by atoms with Crippen LogP contribution in [0.15, 0.2) is 16.8 Å². The highest BCUT2D eigenvalue weighted by atomic mass is 32.1. The summed E-state index contributed by atoms with van der Waals surface area (Å²) in [6, 6.07) is 2.07. The second-order valence-electron chi connectivity index (χ2n) is 6.06. The summed E-state index contributed by atoms with van der Waals surface area (Å²) in [6.07, 6.45) is 1.11. The number of rotatable bonds is 5. The van der Waals surface area contributed by atoms with Gasteiger partial charge in [-0.05, 0) is 40.6 Å². The number of hydrogen-bond donors (Lipinski definition) is 1. The maximum absolute atomic E-state index is 12.5. The Kier molecular flexibility index (Phi) is 4.63. The summed E-state index contributed by atoms with van der Waals surface area (Å²) in [6.45, 7) is 9.45. The molecule has 0 aliphatic carbocycles. The Labute approximate surface area is 120 Å². The minimum absolute atomic E-state index is 0.0444. The van der Waals surface area contributed by atoms with Gasteiger partial charge in [-0.2, -0.15) is 11.3 Å². The normalized spacial score (nSPS) is 23.9. The van der Waals surface area contributed by atoms with Gasteiger partial charge in [-0.25, -0.2) is 0 Å². The molecule has 0 saturated carbocycles. The molecule has 1 amide bonds. The van der Waals surface area contributed by atoms with E-state index in [1.165, 1.54) is 5.56 Å². The van der Waals surface area contributed by atoms with Crippen molar-refractivity contribution in [2.75, 3.05) is 6.54 Å². The lowest BCUT2D eigenvalue weighted by atomic mass is 10.0. The predicted octanol–water partition coefficient (Wildman–Crippen LogP) is 3.25. The minimum atomic E-state index is -0.0444. The van der Waals surface area contributed by atoms with Crippen LogP contribution in [0.1, 0.15) is 45.8 Å². The molecule has 0 radical (unpaired) electrons. The Morgan fingerprint density at radius 1 is 1.37 bits per heavy atom. The van der Waals surface area contributed by atoms with E-state index in [9.17, 15) is 4.79 Å². The van der Waals surface area contributed by atoms with Gasteiger partial charge < -0.3 is 4.90 Å². The fourth-order valence-electron chi connectivity index (χ4n) is 2.46. The van der Waals surface area contributed by atoms with Crippen molar-refractivity contribution in [1.82, 2.24) is 10.2 Å². The number of nitrogens with zero attached hydrogens (tertiary/aromatic N) is 1. The van der Waals surface area contributed by atoms with Gasteiger partial charge in [0.2, 0.25) is 5.91 Å². The van der Waals surface area contributed by atoms with E-state index in [0.717, 1.165) is 13.0 Å². The lowest BCUT2D eigenvalue weighted by molar-refractivity contribution is -0.131. The molecule has 1 fully saturated rings. The zero-order valence-corrected chi connectivity index (χ0v) is 13.0. The highest BCUT2D eigenvalue weighted by Crippen LogP contribution is 2.29. The predicted molar refractivity (Wildman–Crippen MR) is 80.0 cm³/mol. The largest absolute Gasteiger partial charge is 0.322 e. The molecule has 19 heavy (non-hydrogen) atoms. The Hall–Kier alpha value is -0.870. The van der Waals surface area contributed by atoms with Gasteiger partial charge in [0, 0.05) is 6.54 Å². The van der Waals surface area contributed by atoms with Crippen LogP contribution in [0.4, 0.5) is 0 Å². The maximum Gasteiger partial charge on any atom is 0.241 e. The SMILES string of the molecule is CC(C)CCN1C(=O)C(C(C)C)NC1c1ccsc1. The lowest BCUT2D eigenvalue weighted by Crippen LogP contribution is -2.35. The van der Waals surface area contributed by atoms with Crippen LogP contribution in [0.25, 0.3) is 0 Å². The standard InChI is InChI=1S/C15H24N2OS/c1-10(2)5-7-17-14(12-6-8-19-9-12)16-13(11(3)4)15(17)18/h6,8-11,13-14,16H,5,7H2,1-4H3. The van der Waals surface area contributed by atoms with E-state index >= 15 is 0 Å². The van der Waals surface area contributed by atoms with Crippen LogP contribution in [0.2, 0.25) is 0 Å². The highest BCUT2D eigenvalue weighted by Gasteiger charge is 2.40. The summed E-state index contributed by atoms with van der Waals surface area (Å²) in [7, 11) is 0. The number of amides is 1. The summed E-state index contributed by atoms with van der Waals surface area (Å²) in [5, 5.41) is 7.71. The van der Waals surface area contributed by atoms with Crippen molar-refractivity contribution < 1.29 is 4.79 Å². The second kappa shape index (κ2) is 6.06. The summed E-state index contributed by atoms with van der Waals surface area (Å²) >= 11 is 1.69. The summed E-state index contributed by atoms with van der Waals surface area (Å²) in [5.74, 6) is 1.21. The van der Waals surface area contributed by atoms with Gasteiger partial charge in [-0.3, -0.25) is 10.1 Å². The molecule has 2 heterocycles.